The molecule has 2 rings (SSSR count). The van der Waals surface area contributed by atoms with E-state index in [4.69, 9.17) is 0 Å². The highest BCUT2D eigenvalue weighted by Gasteiger charge is 2.26. The summed E-state index contributed by atoms with van der Waals surface area (Å²) in [6.07, 6.45) is 0. The molecule has 6 heteroatoms. The lowest BCUT2D eigenvalue weighted by atomic mass is 10.1. The lowest BCUT2D eigenvalue weighted by Gasteiger charge is -2.22. The minimum Gasteiger partial charge on any atom is -0.269 e. The molecule has 0 N–H and O–H groups in total. The van der Waals surface area contributed by atoms with Crippen molar-refractivity contribution >= 4 is 15.7 Å². The zero-order chi connectivity index (χ0) is 15.8. The first-order valence-electron chi connectivity index (χ1n) is 6.24. The van der Waals surface area contributed by atoms with Gasteiger partial charge in [-0.3, -0.25) is 4.31 Å². The smallest absolute Gasteiger partial charge is 0.267 e. The summed E-state index contributed by atoms with van der Waals surface area (Å²) in [5, 5.41) is 0. The number of benzene rings is 2. The zero-order valence-corrected chi connectivity index (χ0v) is 12.7. The first-order valence-corrected chi connectivity index (χ1v) is 7.68. The predicted molar refractivity (Wildman–Crippen MR) is 77.9 cm³/mol. The average Bonchev–Trinajstić information content (AvgIpc) is 2.40. The molecule has 0 amide bonds. The fourth-order valence-corrected chi connectivity index (χ4v) is 3.45. The molecule has 0 saturated heterocycles. The summed E-state index contributed by atoms with van der Waals surface area (Å²) >= 11 is 0. The molecule has 2 aromatic rings. The minimum atomic E-state index is -4.16. The molecule has 0 atom stereocenters. The molecule has 0 spiro atoms. The van der Waals surface area contributed by atoms with Crippen molar-refractivity contribution in [1.29, 1.82) is 0 Å². The van der Waals surface area contributed by atoms with Gasteiger partial charge in [-0.2, -0.15) is 0 Å². The molecule has 0 heterocycles. The van der Waals surface area contributed by atoms with Crippen LogP contribution in [0.25, 0.3) is 0 Å². The fourth-order valence-electron chi connectivity index (χ4n) is 2.11. The van der Waals surface area contributed by atoms with E-state index in [-0.39, 0.29) is 0 Å². The van der Waals surface area contributed by atoms with Gasteiger partial charge in [0.15, 0.2) is 0 Å². The van der Waals surface area contributed by atoms with Gasteiger partial charge in [-0.1, -0.05) is 17.7 Å². The van der Waals surface area contributed by atoms with Crippen molar-refractivity contribution < 1.29 is 17.2 Å². The van der Waals surface area contributed by atoms with E-state index in [0.717, 1.165) is 27.6 Å². The molecule has 0 aliphatic rings. The lowest BCUT2D eigenvalue weighted by Crippen LogP contribution is -2.28. The molecule has 112 valence electrons. The number of rotatable bonds is 3. The molecule has 0 aromatic heterocycles. The van der Waals surface area contributed by atoms with Crippen molar-refractivity contribution in [2.24, 2.45) is 0 Å². The molecule has 0 unspecified atom stereocenters. The van der Waals surface area contributed by atoms with E-state index in [1.807, 2.05) is 13.0 Å². The van der Waals surface area contributed by atoms with E-state index in [9.17, 15) is 17.2 Å². The van der Waals surface area contributed by atoms with Gasteiger partial charge in [0.1, 0.15) is 16.5 Å². The summed E-state index contributed by atoms with van der Waals surface area (Å²) in [5.74, 6) is -1.78. The molecular weight excluding hydrogens is 296 g/mol. The van der Waals surface area contributed by atoms with Crippen LogP contribution < -0.4 is 4.31 Å². The molecule has 0 saturated carbocycles. The topological polar surface area (TPSA) is 37.4 Å². The number of aryl methyl sites for hydroxylation is 2. The van der Waals surface area contributed by atoms with Gasteiger partial charge in [0.05, 0.1) is 5.69 Å². The molecule has 0 bridgehead atoms. The highest BCUT2D eigenvalue weighted by atomic mass is 32.2. The summed E-state index contributed by atoms with van der Waals surface area (Å²) < 4.78 is 52.8. The largest absolute Gasteiger partial charge is 0.269 e. The SMILES string of the molecule is Cc1ccc(N(C)S(=O)(=O)c2cc(F)ccc2F)c(C)c1. The van der Waals surface area contributed by atoms with Crippen LogP contribution in [-0.2, 0) is 10.0 Å². The van der Waals surface area contributed by atoms with E-state index in [1.54, 1.807) is 19.1 Å². The normalized spacial score (nSPS) is 11.5. The molecule has 0 fully saturated rings. The third-order valence-corrected chi connectivity index (χ3v) is 5.01. The Bertz CT molecular complexity index is 788. The first kappa shape index (κ1) is 15.4. The molecule has 21 heavy (non-hydrogen) atoms. The minimum absolute atomic E-state index is 0.421. The summed E-state index contributed by atoms with van der Waals surface area (Å²) in [6.45, 7) is 3.65. The van der Waals surface area contributed by atoms with Gasteiger partial charge in [-0.05, 0) is 43.7 Å². The van der Waals surface area contributed by atoms with Gasteiger partial charge in [0.2, 0.25) is 0 Å². The summed E-state index contributed by atoms with van der Waals surface area (Å²) in [7, 11) is -2.85. The summed E-state index contributed by atoms with van der Waals surface area (Å²) in [5.41, 5.74) is 2.14. The standard InChI is InChI=1S/C15H15F2NO2S/c1-10-4-7-14(11(2)8-10)18(3)21(19,20)15-9-12(16)5-6-13(15)17/h4-9H,1-3H3. The Hall–Kier alpha value is -1.95. The van der Waals surface area contributed by atoms with Crippen molar-refractivity contribution in [3.8, 4) is 0 Å². The Kier molecular flexibility index (Phi) is 4.00. The van der Waals surface area contributed by atoms with E-state index in [2.05, 4.69) is 0 Å². The zero-order valence-electron chi connectivity index (χ0n) is 11.9. The number of sulfonamides is 1. The third-order valence-electron chi connectivity index (χ3n) is 3.22. The number of nitrogens with zero attached hydrogens (tertiary/aromatic N) is 1. The second kappa shape index (κ2) is 5.44. The van der Waals surface area contributed by atoms with Crippen LogP contribution in [0.3, 0.4) is 0 Å². The number of anilines is 1. The second-order valence-electron chi connectivity index (χ2n) is 4.84. The molecule has 2 aromatic carbocycles. The Balaban J connectivity index is 2.55. The predicted octanol–water partition coefficient (Wildman–Crippen LogP) is 3.41. The van der Waals surface area contributed by atoms with Crippen LogP contribution in [0.2, 0.25) is 0 Å². The van der Waals surface area contributed by atoms with E-state index >= 15 is 0 Å². The second-order valence-corrected chi connectivity index (χ2v) is 6.77. The van der Waals surface area contributed by atoms with Gasteiger partial charge in [0, 0.05) is 7.05 Å². The van der Waals surface area contributed by atoms with Gasteiger partial charge < -0.3 is 0 Å². The first-order chi connectivity index (χ1) is 9.73. The molecule has 0 aliphatic carbocycles. The third kappa shape index (κ3) is 2.90. The number of halogens is 2. The highest BCUT2D eigenvalue weighted by Crippen LogP contribution is 2.27. The monoisotopic (exact) mass is 311 g/mol. The van der Waals surface area contributed by atoms with Crippen molar-refractivity contribution in [2.75, 3.05) is 11.4 Å². The van der Waals surface area contributed by atoms with Crippen LogP contribution in [0.4, 0.5) is 14.5 Å². The van der Waals surface area contributed by atoms with Gasteiger partial charge in [0.25, 0.3) is 10.0 Å². The Labute approximate surface area is 122 Å². The highest BCUT2D eigenvalue weighted by molar-refractivity contribution is 7.92. The molecule has 0 aliphatic heterocycles. The Morgan fingerprint density at radius 1 is 1.00 bits per heavy atom. The van der Waals surface area contributed by atoms with Crippen LogP contribution in [0, 0.1) is 25.5 Å². The van der Waals surface area contributed by atoms with E-state index in [1.165, 1.54) is 7.05 Å². The maximum Gasteiger partial charge on any atom is 0.267 e. The Morgan fingerprint density at radius 3 is 2.29 bits per heavy atom. The van der Waals surface area contributed by atoms with Crippen molar-refractivity contribution in [1.82, 2.24) is 0 Å². The van der Waals surface area contributed by atoms with Crippen molar-refractivity contribution in [2.45, 2.75) is 18.7 Å². The van der Waals surface area contributed by atoms with Crippen molar-refractivity contribution in [3.05, 3.63) is 59.2 Å². The number of hydrogen-bond donors (Lipinski definition) is 0. The Morgan fingerprint density at radius 2 is 1.67 bits per heavy atom. The average molecular weight is 311 g/mol. The summed E-state index contributed by atoms with van der Waals surface area (Å²) in [4.78, 5) is -0.676. The molecule has 3 nitrogen and oxygen atoms in total. The van der Waals surface area contributed by atoms with Crippen LogP contribution in [0.15, 0.2) is 41.3 Å². The number of hydrogen-bond acceptors (Lipinski definition) is 2. The van der Waals surface area contributed by atoms with Crippen molar-refractivity contribution in [3.63, 3.8) is 0 Å². The van der Waals surface area contributed by atoms with Crippen LogP contribution >= 0.6 is 0 Å². The van der Waals surface area contributed by atoms with Gasteiger partial charge >= 0.3 is 0 Å². The molecule has 0 radical (unpaired) electrons. The quantitative estimate of drug-likeness (QED) is 0.871. The van der Waals surface area contributed by atoms with Gasteiger partial charge in [-0.25, -0.2) is 17.2 Å². The maximum atomic E-state index is 13.7. The fraction of sp³-hybridized carbons (Fsp3) is 0.200. The summed E-state index contributed by atoms with van der Waals surface area (Å²) in [6, 6.07) is 7.59. The van der Waals surface area contributed by atoms with Crippen LogP contribution in [0.1, 0.15) is 11.1 Å². The van der Waals surface area contributed by atoms with Crippen LogP contribution in [0.5, 0.6) is 0 Å². The van der Waals surface area contributed by atoms with E-state index < -0.39 is 26.6 Å². The van der Waals surface area contributed by atoms with E-state index in [0.29, 0.717) is 11.8 Å². The molecular formula is C15H15F2NO2S. The lowest BCUT2D eigenvalue weighted by molar-refractivity contribution is 0.552. The van der Waals surface area contributed by atoms with Gasteiger partial charge in [-0.15, -0.1) is 0 Å². The van der Waals surface area contributed by atoms with Crippen LogP contribution in [-0.4, -0.2) is 15.5 Å². The maximum absolute atomic E-state index is 13.7.